The molecule has 2 aromatic heterocycles. The highest BCUT2D eigenvalue weighted by Gasteiger charge is 2.36. The fourth-order valence-corrected chi connectivity index (χ4v) is 2.78. The van der Waals surface area contributed by atoms with Gasteiger partial charge in [0, 0.05) is 6.54 Å². The zero-order valence-electron chi connectivity index (χ0n) is 13.4. The standard InChI is InChI=1S/C16H11F5N4OS/c17-14(18)11-5-13(16(19,20)21)24-25(11)10-3-1-9(2-4-10)6-23-15(26)12-7-22-8-27-12/h1-5,7-8,14H,6H2,(H,23,26). The molecule has 2 heterocycles. The molecule has 3 rings (SSSR count). The molecule has 1 N–H and O–H groups in total. The summed E-state index contributed by atoms with van der Waals surface area (Å²) in [5.74, 6) is -0.316. The van der Waals surface area contributed by atoms with Crippen molar-refractivity contribution in [1.29, 1.82) is 0 Å². The van der Waals surface area contributed by atoms with Gasteiger partial charge in [-0.2, -0.15) is 18.3 Å². The highest BCUT2D eigenvalue weighted by molar-refractivity contribution is 7.11. The minimum atomic E-state index is -4.82. The Hall–Kier alpha value is -2.82. The van der Waals surface area contributed by atoms with Gasteiger partial charge < -0.3 is 5.32 Å². The zero-order chi connectivity index (χ0) is 19.6. The fourth-order valence-electron chi connectivity index (χ4n) is 2.25. The lowest BCUT2D eigenvalue weighted by Crippen LogP contribution is -2.21. The number of nitrogens with one attached hydrogen (secondary N) is 1. The van der Waals surface area contributed by atoms with Crippen molar-refractivity contribution in [1.82, 2.24) is 20.1 Å². The van der Waals surface area contributed by atoms with Gasteiger partial charge >= 0.3 is 6.18 Å². The van der Waals surface area contributed by atoms with Gasteiger partial charge in [0.2, 0.25) is 0 Å². The number of carbonyl (C=O) groups excluding carboxylic acids is 1. The number of hydrogen-bond acceptors (Lipinski definition) is 4. The van der Waals surface area contributed by atoms with E-state index in [2.05, 4.69) is 15.4 Å². The first-order chi connectivity index (χ1) is 12.8. The van der Waals surface area contributed by atoms with Crippen LogP contribution in [0.15, 0.2) is 42.0 Å². The van der Waals surface area contributed by atoms with Crippen molar-refractivity contribution >= 4 is 17.2 Å². The number of hydrogen-bond donors (Lipinski definition) is 1. The van der Waals surface area contributed by atoms with Gasteiger partial charge in [-0.05, 0) is 23.8 Å². The maximum Gasteiger partial charge on any atom is 0.435 e. The van der Waals surface area contributed by atoms with E-state index < -0.39 is 24.0 Å². The average molecular weight is 402 g/mol. The van der Waals surface area contributed by atoms with Crippen LogP contribution in [0, 0.1) is 0 Å². The summed E-state index contributed by atoms with van der Waals surface area (Å²) >= 11 is 1.18. The second-order valence-corrected chi connectivity index (χ2v) is 6.27. The molecule has 0 atom stereocenters. The molecule has 0 aliphatic heterocycles. The number of carbonyl (C=O) groups is 1. The molecule has 0 aliphatic rings. The van der Waals surface area contributed by atoms with Crippen LogP contribution in [-0.4, -0.2) is 20.7 Å². The van der Waals surface area contributed by atoms with E-state index in [4.69, 9.17) is 0 Å². The van der Waals surface area contributed by atoms with Crippen molar-refractivity contribution in [3.63, 3.8) is 0 Å². The summed E-state index contributed by atoms with van der Waals surface area (Å²) in [6.45, 7) is 0.158. The molecule has 0 bridgehead atoms. The molecule has 0 aliphatic carbocycles. The smallest absolute Gasteiger partial charge is 0.347 e. The van der Waals surface area contributed by atoms with Gasteiger partial charge in [-0.3, -0.25) is 9.78 Å². The number of rotatable bonds is 5. The summed E-state index contributed by atoms with van der Waals surface area (Å²) in [7, 11) is 0. The van der Waals surface area contributed by atoms with Gasteiger partial charge in [-0.25, -0.2) is 13.5 Å². The number of alkyl halides is 5. The Bertz CT molecular complexity index is 919. The lowest BCUT2D eigenvalue weighted by molar-refractivity contribution is -0.141. The van der Waals surface area contributed by atoms with Gasteiger partial charge in [0.25, 0.3) is 12.3 Å². The van der Waals surface area contributed by atoms with Gasteiger partial charge in [-0.15, -0.1) is 11.3 Å². The van der Waals surface area contributed by atoms with Crippen LogP contribution in [0.1, 0.15) is 33.0 Å². The third-order valence-electron chi connectivity index (χ3n) is 3.54. The number of thiazole rings is 1. The molecule has 5 nitrogen and oxygen atoms in total. The molecule has 1 aromatic carbocycles. The largest absolute Gasteiger partial charge is 0.435 e. The van der Waals surface area contributed by atoms with E-state index in [1.54, 1.807) is 0 Å². The summed E-state index contributed by atoms with van der Waals surface area (Å²) < 4.78 is 64.9. The molecule has 0 fully saturated rings. The third-order valence-corrected chi connectivity index (χ3v) is 4.31. The molecule has 27 heavy (non-hydrogen) atoms. The Morgan fingerprint density at radius 1 is 1.22 bits per heavy atom. The molecule has 0 unspecified atom stereocenters. The molecule has 0 saturated heterocycles. The monoisotopic (exact) mass is 402 g/mol. The molecule has 142 valence electrons. The zero-order valence-corrected chi connectivity index (χ0v) is 14.2. The first kappa shape index (κ1) is 19.0. The summed E-state index contributed by atoms with van der Waals surface area (Å²) in [4.78, 5) is 16.1. The second-order valence-electron chi connectivity index (χ2n) is 5.38. The number of nitrogens with zero attached hydrogens (tertiary/aromatic N) is 3. The normalized spacial score (nSPS) is 11.8. The fraction of sp³-hybridized carbons (Fsp3) is 0.188. The lowest BCUT2D eigenvalue weighted by Gasteiger charge is -2.08. The average Bonchev–Trinajstić information content (AvgIpc) is 3.29. The molecule has 0 saturated carbocycles. The van der Waals surface area contributed by atoms with E-state index in [-0.39, 0.29) is 18.1 Å². The molecular weight excluding hydrogens is 391 g/mol. The first-order valence-corrected chi connectivity index (χ1v) is 8.35. The van der Waals surface area contributed by atoms with Crippen LogP contribution in [0.25, 0.3) is 5.69 Å². The molecule has 0 radical (unpaired) electrons. The van der Waals surface area contributed by atoms with E-state index in [0.717, 1.165) is 0 Å². The van der Waals surface area contributed by atoms with Crippen LogP contribution < -0.4 is 5.32 Å². The minimum Gasteiger partial charge on any atom is -0.347 e. The van der Waals surface area contributed by atoms with Crippen LogP contribution in [-0.2, 0) is 12.7 Å². The van der Waals surface area contributed by atoms with Gasteiger partial charge in [0.05, 0.1) is 17.4 Å². The predicted molar refractivity (Wildman–Crippen MR) is 86.8 cm³/mol. The Kier molecular flexibility index (Phi) is 5.22. The van der Waals surface area contributed by atoms with E-state index in [9.17, 15) is 26.7 Å². The molecular formula is C16H11F5N4OS. The second kappa shape index (κ2) is 7.43. The highest BCUT2D eigenvalue weighted by atomic mass is 32.1. The van der Waals surface area contributed by atoms with E-state index >= 15 is 0 Å². The van der Waals surface area contributed by atoms with E-state index in [1.165, 1.54) is 47.3 Å². The quantitative estimate of drug-likeness (QED) is 0.651. The summed E-state index contributed by atoms with van der Waals surface area (Å²) in [6, 6.07) is 6.05. The predicted octanol–water partition coefficient (Wildman–Crippen LogP) is 4.22. The van der Waals surface area contributed by atoms with Crippen LogP contribution in [0.5, 0.6) is 0 Å². The molecule has 0 spiro atoms. The van der Waals surface area contributed by atoms with E-state index in [1.807, 2.05) is 0 Å². The van der Waals surface area contributed by atoms with Crippen LogP contribution in [0.2, 0.25) is 0 Å². The molecule has 3 aromatic rings. The number of benzene rings is 1. The molecule has 11 heteroatoms. The highest BCUT2D eigenvalue weighted by Crippen LogP contribution is 2.32. The third kappa shape index (κ3) is 4.30. The number of aromatic nitrogens is 3. The SMILES string of the molecule is O=C(NCc1ccc(-n2nc(C(F)(F)F)cc2C(F)F)cc1)c1cncs1. The van der Waals surface area contributed by atoms with Crippen molar-refractivity contribution in [3.8, 4) is 5.69 Å². The topological polar surface area (TPSA) is 59.8 Å². The van der Waals surface area contributed by atoms with Crippen molar-refractivity contribution in [2.75, 3.05) is 0 Å². The van der Waals surface area contributed by atoms with Gasteiger partial charge in [-0.1, -0.05) is 12.1 Å². The lowest BCUT2D eigenvalue weighted by atomic mass is 10.2. The molecule has 1 amide bonds. The Labute approximate surface area is 153 Å². The summed E-state index contributed by atoms with van der Waals surface area (Å²) in [5, 5.41) is 5.90. The van der Waals surface area contributed by atoms with Crippen molar-refractivity contribution in [2.45, 2.75) is 19.1 Å². The summed E-state index contributed by atoms with van der Waals surface area (Å²) in [5.41, 5.74) is -0.0344. The van der Waals surface area contributed by atoms with Gasteiger partial charge in [0.1, 0.15) is 10.6 Å². The van der Waals surface area contributed by atoms with E-state index in [0.29, 0.717) is 21.2 Å². The Morgan fingerprint density at radius 2 is 1.93 bits per heavy atom. The van der Waals surface area contributed by atoms with Crippen LogP contribution in [0.4, 0.5) is 22.0 Å². The Morgan fingerprint density at radius 3 is 2.48 bits per heavy atom. The maximum absolute atomic E-state index is 13.1. The summed E-state index contributed by atoms with van der Waals surface area (Å²) in [6.07, 6.45) is -6.52. The van der Waals surface area contributed by atoms with Crippen molar-refractivity contribution in [2.24, 2.45) is 0 Å². The van der Waals surface area contributed by atoms with Gasteiger partial charge in [0.15, 0.2) is 5.69 Å². The minimum absolute atomic E-state index is 0.0540. The first-order valence-electron chi connectivity index (χ1n) is 7.47. The van der Waals surface area contributed by atoms with Crippen LogP contribution in [0.3, 0.4) is 0 Å². The maximum atomic E-state index is 13.1. The Balaban J connectivity index is 1.77. The number of halogens is 5. The van der Waals surface area contributed by atoms with Crippen LogP contribution >= 0.6 is 11.3 Å². The van der Waals surface area contributed by atoms with Crippen molar-refractivity contribution < 1.29 is 26.7 Å². The number of amides is 1. The van der Waals surface area contributed by atoms with Crippen molar-refractivity contribution in [3.05, 3.63) is 63.9 Å².